The van der Waals surface area contributed by atoms with E-state index in [2.05, 4.69) is 5.32 Å². The molecule has 2 rings (SSSR count). The summed E-state index contributed by atoms with van der Waals surface area (Å²) in [5.74, 6) is 0.888. The Labute approximate surface area is 86.8 Å². The first-order valence-electron chi connectivity index (χ1n) is 5.26. The minimum absolute atomic E-state index is 0. The van der Waals surface area contributed by atoms with Crippen molar-refractivity contribution in [1.29, 1.82) is 0 Å². The van der Waals surface area contributed by atoms with Gasteiger partial charge >= 0.3 is 0 Å². The van der Waals surface area contributed by atoms with Crippen molar-refractivity contribution in [3.63, 3.8) is 0 Å². The second kappa shape index (κ2) is 5.84. The van der Waals surface area contributed by atoms with Gasteiger partial charge in [-0.05, 0) is 38.1 Å². The highest BCUT2D eigenvalue weighted by molar-refractivity contribution is 5.85. The third kappa shape index (κ3) is 3.45. The fourth-order valence-electron chi connectivity index (χ4n) is 1.90. The fraction of sp³-hybridized carbons (Fsp3) is 1.00. The van der Waals surface area contributed by atoms with Crippen LogP contribution in [0.3, 0.4) is 0 Å². The van der Waals surface area contributed by atoms with Crippen LogP contribution in [0, 0.1) is 5.92 Å². The van der Waals surface area contributed by atoms with Gasteiger partial charge in [0, 0.05) is 19.3 Å². The lowest BCUT2D eigenvalue weighted by Crippen LogP contribution is -2.39. The molecular weight excluding hydrogens is 186 g/mol. The molecule has 0 bridgehead atoms. The van der Waals surface area contributed by atoms with Gasteiger partial charge < -0.3 is 10.1 Å². The van der Waals surface area contributed by atoms with Crippen molar-refractivity contribution in [2.75, 3.05) is 19.8 Å². The lowest BCUT2D eigenvalue weighted by Gasteiger charge is -2.30. The zero-order chi connectivity index (χ0) is 8.23. The molecule has 2 nitrogen and oxygen atoms in total. The van der Waals surface area contributed by atoms with Crippen LogP contribution < -0.4 is 5.32 Å². The largest absolute Gasteiger partial charge is 0.381 e. The highest BCUT2D eigenvalue weighted by Crippen LogP contribution is 2.20. The van der Waals surface area contributed by atoms with Crippen LogP contribution in [0.15, 0.2) is 0 Å². The summed E-state index contributed by atoms with van der Waals surface area (Å²) in [6.45, 7) is 3.20. The maximum absolute atomic E-state index is 5.32. The Morgan fingerprint density at radius 3 is 2.31 bits per heavy atom. The van der Waals surface area contributed by atoms with Gasteiger partial charge in [-0.3, -0.25) is 0 Å². The summed E-state index contributed by atoms with van der Waals surface area (Å²) in [6, 6.07) is 0.854. The molecule has 0 unspecified atom stereocenters. The third-order valence-corrected chi connectivity index (χ3v) is 3.14. The van der Waals surface area contributed by atoms with Crippen molar-refractivity contribution in [3.8, 4) is 0 Å². The van der Waals surface area contributed by atoms with Crippen molar-refractivity contribution in [2.24, 2.45) is 5.92 Å². The number of rotatable bonds is 3. The summed E-state index contributed by atoms with van der Waals surface area (Å²) in [4.78, 5) is 0. The van der Waals surface area contributed by atoms with Crippen LogP contribution >= 0.6 is 12.4 Å². The van der Waals surface area contributed by atoms with E-state index in [0.29, 0.717) is 0 Å². The van der Waals surface area contributed by atoms with E-state index in [1.165, 1.54) is 38.6 Å². The lowest BCUT2D eigenvalue weighted by atomic mass is 9.92. The predicted molar refractivity (Wildman–Crippen MR) is 56.4 cm³/mol. The first kappa shape index (κ1) is 11.3. The van der Waals surface area contributed by atoms with E-state index in [0.717, 1.165) is 25.2 Å². The van der Waals surface area contributed by atoms with E-state index >= 15 is 0 Å². The van der Waals surface area contributed by atoms with Gasteiger partial charge in [-0.25, -0.2) is 0 Å². The van der Waals surface area contributed by atoms with Crippen LogP contribution in [0.25, 0.3) is 0 Å². The molecule has 0 aromatic carbocycles. The highest BCUT2D eigenvalue weighted by atomic mass is 35.5. The molecule has 0 spiro atoms. The molecule has 1 saturated heterocycles. The van der Waals surface area contributed by atoms with Gasteiger partial charge in [0.2, 0.25) is 0 Å². The van der Waals surface area contributed by atoms with Crippen molar-refractivity contribution in [1.82, 2.24) is 5.32 Å². The SMILES string of the molecule is C1CC(NCC2CCOCC2)C1.Cl. The highest BCUT2D eigenvalue weighted by Gasteiger charge is 2.19. The van der Waals surface area contributed by atoms with E-state index in [-0.39, 0.29) is 12.4 Å². The zero-order valence-electron chi connectivity index (χ0n) is 8.13. The van der Waals surface area contributed by atoms with Gasteiger partial charge in [0.05, 0.1) is 0 Å². The molecule has 0 radical (unpaired) electrons. The molecule has 13 heavy (non-hydrogen) atoms. The molecule has 0 atom stereocenters. The molecule has 1 aliphatic heterocycles. The summed E-state index contributed by atoms with van der Waals surface area (Å²) < 4.78 is 5.32. The summed E-state index contributed by atoms with van der Waals surface area (Å²) in [7, 11) is 0. The van der Waals surface area contributed by atoms with Crippen molar-refractivity contribution >= 4 is 12.4 Å². The molecule has 78 valence electrons. The maximum Gasteiger partial charge on any atom is 0.0469 e. The molecule has 0 amide bonds. The second-order valence-electron chi connectivity index (χ2n) is 4.09. The van der Waals surface area contributed by atoms with Crippen LogP contribution in [-0.2, 0) is 4.74 Å². The second-order valence-corrected chi connectivity index (χ2v) is 4.09. The van der Waals surface area contributed by atoms with Crippen molar-refractivity contribution < 1.29 is 4.74 Å². The summed E-state index contributed by atoms with van der Waals surface area (Å²) >= 11 is 0. The standard InChI is InChI=1S/C10H19NO.ClH/c1-2-10(3-1)11-8-9-4-6-12-7-5-9;/h9-11H,1-8H2;1H. The number of hydrogen-bond acceptors (Lipinski definition) is 2. The van der Waals surface area contributed by atoms with Gasteiger partial charge in [-0.2, -0.15) is 0 Å². The molecule has 2 fully saturated rings. The van der Waals surface area contributed by atoms with Crippen LogP contribution in [0.5, 0.6) is 0 Å². The number of nitrogens with one attached hydrogen (secondary N) is 1. The Kier molecular flexibility index (Phi) is 5.07. The van der Waals surface area contributed by atoms with E-state index in [1.807, 2.05) is 0 Å². The van der Waals surface area contributed by atoms with Crippen LogP contribution in [0.1, 0.15) is 32.1 Å². The molecule has 0 aromatic heterocycles. The molecule has 3 heteroatoms. The first-order valence-corrected chi connectivity index (χ1v) is 5.26. The third-order valence-electron chi connectivity index (χ3n) is 3.14. The van der Waals surface area contributed by atoms with Gasteiger partial charge in [-0.1, -0.05) is 6.42 Å². The minimum Gasteiger partial charge on any atom is -0.381 e. The molecule has 1 N–H and O–H groups in total. The Bertz CT molecular complexity index is 133. The van der Waals surface area contributed by atoms with E-state index < -0.39 is 0 Å². The Morgan fingerprint density at radius 1 is 1.08 bits per heavy atom. The summed E-state index contributed by atoms with van der Waals surface area (Å²) in [5.41, 5.74) is 0. The van der Waals surface area contributed by atoms with E-state index in [4.69, 9.17) is 4.74 Å². The fourth-order valence-corrected chi connectivity index (χ4v) is 1.90. The maximum atomic E-state index is 5.32. The Balaban J connectivity index is 0.000000845. The minimum atomic E-state index is 0. The van der Waals surface area contributed by atoms with Gasteiger partial charge in [0.15, 0.2) is 0 Å². The average Bonchev–Trinajstić information content (AvgIpc) is 2.04. The number of hydrogen-bond donors (Lipinski definition) is 1. The summed E-state index contributed by atoms with van der Waals surface area (Å²) in [5, 5.41) is 3.63. The van der Waals surface area contributed by atoms with Crippen molar-refractivity contribution in [2.45, 2.75) is 38.1 Å². The van der Waals surface area contributed by atoms with Crippen molar-refractivity contribution in [3.05, 3.63) is 0 Å². The molecular formula is C10H20ClNO. The Morgan fingerprint density at radius 2 is 1.77 bits per heavy atom. The van der Waals surface area contributed by atoms with Crippen LogP contribution in [0.4, 0.5) is 0 Å². The monoisotopic (exact) mass is 205 g/mol. The Hall–Kier alpha value is 0.210. The molecule has 2 aliphatic rings. The molecule has 1 aliphatic carbocycles. The predicted octanol–water partition coefficient (Wildman–Crippen LogP) is 1.98. The summed E-state index contributed by atoms with van der Waals surface area (Å²) in [6.07, 6.45) is 6.78. The first-order chi connectivity index (χ1) is 5.95. The van der Waals surface area contributed by atoms with Gasteiger partial charge in [0.25, 0.3) is 0 Å². The average molecular weight is 206 g/mol. The topological polar surface area (TPSA) is 21.3 Å². The van der Waals surface area contributed by atoms with E-state index in [1.54, 1.807) is 0 Å². The van der Waals surface area contributed by atoms with Gasteiger partial charge in [-0.15, -0.1) is 12.4 Å². The smallest absolute Gasteiger partial charge is 0.0469 e. The quantitative estimate of drug-likeness (QED) is 0.761. The lowest BCUT2D eigenvalue weighted by molar-refractivity contribution is 0.0644. The normalized spacial score (nSPS) is 24.9. The number of ether oxygens (including phenoxy) is 1. The van der Waals surface area contributed by atoms with E-state index in [9.17, 15) is 0 Å². The molecule has 0 aromatic rings. The van der Waals surface area contributed by atoms with Crippen LogP contribution in [0.2, 0.25) is 0 Å². The zero-order valence-corrected chi connectivity index (χ0v) is 8.94. The van der Waals surface area contributed by atoms with Crippen LogP contribution in [-0.4, -0.2) is 25.8 Å². The molecule has 1 heterocycles. The van der Waals surface area contributed by atoms with Gasteiger partial charge in [0.1, 0.15) is 0 Å². The number of halogens is 1. The molecule has 1 saturated carbocycles.